The Labute approximate surface area is 160 Å². The summed E-state index contributed by atoms with van der Waals surface area (Å²) in [5.41, 5.74) is 1.24. The summed E-state index contributed by atoms with van der Waals surface area (Å²) in [5.74, 6) is -2.29. The number of ketones is 1. The normalized spacial score (nSPS) is 16.3. The van der Waals surface area contributed by atoms with Crippen LogP contribution < -0.4 is 0 Å². The molecule has 140 valence electrons. The van der Waals surface area contributed by atoms with Crippen LogP contribution in [0.2, 0.25) is 0 Å². The van der Waals surface area contributed by atoms with Crippen LogP contribution >= 0.6 is 15.9 Å². The lowest BCUT2D eigenvalue weighted by molar-refractivity contribution is -0.346. The lowest BCUT2D eigenvalue weighted by atomic mass is 9.96. The van der Waals surface area contributed by atoms with E-state index in [0.29, 0.717) is 4.60 Å². The van der Waals surface area contributed by atoms with E-state index in [-0.39, 0.29) is 17.8 Å². The van der Waals surface area contributed by atoms with Gasteiger partial charge in [-0.2, -0.15) is 0 Å². The van der Waals surface area contributed by atoms with Gasteiger partial charge in [-0.15, -0.1) is 5.10 Å². The number of methoxy groups -OCH3 is 2. The van der Waals surface area contributed by atoms with E-state index in [1.54, 1.807) is 4.68 Å². The predicted octanol–water partition coefficient (Wildman–Crippen LogP) is 3.35. The fourth-order valence-electron chi connectivity index (χ4n) is 2.89. The second-order valence-electron chi connectivity index (χ2n) is 6.22. The summed E-state index contributed by atoms with van der Waals surface area (Å²) in [4.78, 5) is 13.3. The minimum Gasteiger partial charge on any atom is -0.324 e. The number of benzene rings is 1. The van der Waals surface area contributed by atoms with Gasteiger partial charge in [-0.3, -0.25) is 4.79 Å². The maximum Gasteiger partial charge on any atom is 0.353 e. The van der Waals surface area contributed by atoms with Crippen LogP contribution in [0.15, 0.2) is 34.9 Å². The molecule has 1 aromatic carbocycles. The quantitative estimate of drug-likeness (QED) is 0.478. The van der Waals surface area contributed by atoms with Crippen LogP contribution in [-0.4, -0.2) is 47.1 Å². The maximum atomic E-state index is 13.3. The molecule has 1 saturated carbocycles. The Bertz CT molecular complexity index is 757. The topological polar surface area (TPSA) is 75.5 Å². The summed E-state index contributed by atoms with van der Waals surface area (Å²) in [5, 5.41) is 8.16. The molecule has 3 rings (SSSR count). The Morgan fingerprint density at radius 3 is 2.46 bits per heavy atom. The molecular weight excluding hydrogens is 402 g/mol. The number of halogens is 1. The van der Waals surface area contributed by atoms with Crippen LogP contribution in [0.4, 0.5) is 0 Å². The molecular formula is C18H22BrN3O4. The first-order chi connectivity index (χ1) is 12.5. The van der Waals surface area contributed by atoms with E-state index >= 15 is 0 Å². The van der Waals surface area contributed by atoms with Gasteiger partial charge in [0.15, 0.2) is 4.60 Å². The molecule has 1 atom stereocenters. The van der Waals surface area contributed by atoms with Crippen molar-refractivity contribution in [2.75, 3.05) is 14.2 Å². The van der Waals surface area contributed by atoms with Crippen LogP contribution in [0.3, 0.4) is 0 Å². The summed E-state index contributed by atoms with van der Waals surface area (Å²) in [6, 6.07) is 9.55. The SMILES string of the molecule is COC(OC)(OC1CCC1)C(=O)c1c(Br)nnn1[C@H](C)c1ccccc1. The molecule has 0 aliphatic heterocycles. The van der Waals surface area contributed by atoms with Gasteiger partial charge in [-0.1, -0.05) is 35.5 Å². The summed E-state index contributed by atoms with van der Waals surface area (Å²) >= 11 is 3.32. The fourth-order valence-corrected chi connectivity index (χ4v) is 3.32. The van der Waals surface area contributed by atoms with Crippen LogP contribution in [-0.2, 0) is 14.2 Å². The highest BCUT2D eigenvalue weighted by Crippen LogP contribution is 2.33. The van der Waals surface area contributed by atoms with Crippen molar-refractivity contribution in [3.63, 3.8) is 0 Å². The molecule has 2 aromatic rings. The minimum absolute atomic E-state index is 0.0616. The molecule has 0 saturated heterocycles. The van der Waals surface area contributed by atoms with E-state index in [9.17, 15) is 4.79 Å². The molecule has 8 heteroatoms. The zero-order chi connectivity index (χ0) is 18.7. The van der Waals surface area contributed by atoms with E-state index in [1.807, 2.05) is 37.3 Å². The predicted molar refractivity (Wildman–Crippen MR) is 97.8 cm³/mol. The summed E-state index contributed by atoms with van der Waals surface area (Å²) in [6.07, 6.45) is 2.76. The van der Waals surface area contributed by atoms with E-state index in [4.69, 9.17) is 14.2 Å². The number of carbonyl (C=O) groups excluding carboxylic acids is 1. The molecule has 0 amide bonds. The highest BCUT2D eigenvalue weighted by Gasteiger charge is 2.47. The van der Waals surface area contributed by atoms with Gasteiger partial charge in [0.1, 0.15) is 5.69 Å². The smallest absolute Gasteiger partial charge is 0.324 e. The highest BCUT2D eigenvalue weighted by atomic mass is 79.9. The van der Waals surface area contributed by atoms with Crippen LogP contribution in [0.1, 0.15) is 48.3 Å². The molecule has 1 aliphatic carbocycles. The van der Waals surface area contributed by atoms with Gasteiger partial charge in [0.05, 0.1) is 12.1 Å². The molecule has 1 aliphatic rings. The van der Waals surface area contributed by atoms with Crippen LogP contribution in [0.25, 0.3) is 0 Å². The van der Waals surface area contributed by atoms with Crippen LogP contribution in [0, 0.1) is 0 Å². The molecule has 0 N–H and O–H groups in total. The first-order valence-electron chi connectivity index (χ1n) is 8.51. The van der Waals surface area contributed by atoms with Gasteiger partial charge in [0.2, 0.25) is 0 Å². The van der Waals surface area contributed by atoms with Crippen molar-refractivity contribution in [2.24, 2.45) is 0 Å². The van der Waals surface area contributed by atoms with E-state index in [0.717, 1.165) is 24.8 Å². The van der Waals surface area contributed by atoms with Gasteiger partial charge in [0, 0.05) is 14.2 Å². The van der Waals surface area contributed by atoms with Crippen molar-refractivity contribution in [1.82, 2.24) is 15.0 Å². The molecule has 1 fully saturated rings. The lowest BCUT2D eigenvalue weighted by Gasteiger charge is -2.36. The molecule has 26 heavy (non-hydrogen) atoms. The highest BCUT2D eigenvalue weighted by molar-refractivity contribution is 9.10. The monoisotopic (exact) mass is 423 g/mol. The molecule has 0 spiro atoms. The lowest BCUT2D eigenvalue weighted by Crippen LogP contribution is -2.50. The third kappa shape index (κ3) is 3.46. The Morgan fingerprint density at radius 2 is 1.92 bits per heavy atom. The number of carbonyl (C=O) groups is 1. The van der Waals surface area contributed by atoms with Gasteiger partial charge < -0.3 is 14.2 Å². The average molecular weight is 424 g/mol. The second-order valence-corrected chi connectivity index (χ2v) is 6.98. The number of rotatable bonds is 8. The second kappa shape index (κ2) is 7.96. The van der Waals surface area contributed by atoms with Crippen molar-refractivity contribution in [3.05, 3.63) is 46.2 Å². The number of ether oxygens (including phenoxy) is 3. The van der Waals surface area contributed by atoms with Crippen molar-refractivity contribution in [1.29, 1.82) is 0 Å². The zero-order valence-electron chi connectivity index (χ0n) is 15.0. The Hall–Kier alpha value is -1.61. The Balaban J connectivity index is 1.97. The van der Waals surface area contributed by atoms with E-state index in [2.05, 4.69) is 26.2 Å². The summed E-state index contributed by atoms with van der Waals surface area (Å²) < 4.78 is 18.5. The standard InChI is InChI=1S/C18H22BrN3O4/c1-12(13-8-5-4-6-9-13)22-15(17(19)20-21-22)16(23)18(24-2,25-3)26-14-10-7-11-14/h4-6,8-9,12,14H,7,10-11H2,1-3H3/t12-/m1/s1. The minimum atomic E-state index is -1.82. The van der Waals surface area contributed by atoms with Gasteiger partial charge in [0.25, 0.3) is 5.78 Å². The number of Topliss-reactive ketones (excluding diaryl/α,β-unsaturated/α-hetero) is 1. The number of hydrogen-bond donors (Lipinski definition) is 0. The van der Waals surface area contributed by atoms with Crippen molar-refractivity contribution >= 4 is 21.7 Å². The van der Waals surface area contributed by atoms with Crippen molar-refractivity contribution < 1.29 is 19.0 Å². The van der Waals surface area contributed by atoms with Gasteiger partial charge in [-0.25, -0.2) is 4.68 Å². The molecule has 0 bridgehead atoms. The fraction of sp³-hybridized carbons (Fsp3) is 0.500. The van der Waals surface area contributed by atoms with Crippen LogP contribution in [0.5, 0.6) is 0 Å². The van der Waals surface area contributed by atoms with Gasteiger partial charge in [-0.05, 0) is 47.7 Å². The van der Waals surface area contributed by atoms with Crippen molar-refractivity contribution in [3.8, 4) is 0 Å². The third-order valence-electron chi connectivity index (χ3n) is 4.71. The van der Waals surface area contributed by atoms with E-state index < -0.39 is 11.8 Å². The Morgan fingerprint density at radius 1 is 1.27 bits per heavy atom. The number of hydrogen-bond acceptors (Lipinski definition) is 6. The van der Waals surface area contributed by atoms with E-state index in [1.165, 1.54) is 14.2 Å². The third-order valence-corrected chi connectivity index (χ3v) is 5.24. The average Bonchev–Trinajstić information content (AvgIpc) is 3.02. The Kier molecular flexibility index (Phi) is 5.86. The summed E-state index contributed by atoms with van der Waals surface area (Å²) in [7, 11) is 2.78. The molecule has 1 heterocycles. The number of aromatic nitrogens is 3. The zero-order valence-corrected chi connectivity index (χ0v) is 16.6. The molecule has 0 radical (unpaired) electrons. The largest absolute Gasteiger partial charge is 0.353 e. The molecule has 7 nitrogen and oxygen atoms in total. The van der Waals surface area contributed by atoms with Crippen molar-refractivity contribution in [2.45, 2.75) is 44.3 Å². The molecule has 0 unspecified atom stereocenters. The summed E-state index contributed by atoms with van der Waals surface area (Å²) in [6.45, 7) is 1.95. The number of nitrogens with zero attached hydrogens (tertiary/aromatic N) is 3. The first kappa shape index (κ1) is 19.2. The molecule has 1 aromatic heterocycles. The van der Waals surface area contributed by atoms with Gasteiger partial charge >= 0.3 is 5.97 Å². The maximum absolute atomic E-state index is 13.3. The first-order valence-corrected chi connectivity index (χ1v) is 9.30.